The van der Waals surface area contributed by atoms with Gasteiger partial charge in [0.25, 0.3) is 0 Å². The summed E-state index contributed by atoms with van der Waals surface area (Å²) in [4.78, 5) is 2.42. The minimum atomic E-state index is -0.500. The van der Waals surface area contributed by atoms with Crippen LogP contribution < -0.4 is 4.74 Å². The molecule has 1 aromatic rings. The second-order valence-electron chi connectivity index (χ2n) is 4.76. The zero-order chi connectivity index (χ0) is 13.0. The molecule has 1 heterocycles. The number of likely N-dealkylation sites (tertiary alicyclic amines) is 1. The van der Waals surface area contributed by atoms with Gasteiger partial charge in [-0.2, -0.15) is 0 Å². The molecule has 100 valence electrons. The lowest BCUT2D eigenvalue weighted by Gasteiger charge is -2.17. The number of aliphatic hydroxyl groups excluding tert-OH is 1. The van der Waals surface area contributed by atoms with E-state index >= 15 is 0 Å². The van der Waals surface area contributed by atoms with Crippen LogP contribution in [-0.4, -0.2) is 36.2 Å². The highest BCUT2D eigenvalue weighted by Crippen LogP contribution is 2.28. The molecule has 1 aliphatic rings. The molecule has 0 saturated carbocycles. The maximum atomic E-state index is 9.70. The lowest BCUT2D eigenvalue weighted by Crippen LogP contribution is -2.25. The van der Waals surface area contributed by atoms with Crippen molar-refractivity contribution in [3.8, 4) is 5.75 Å². The van der Waals surface area contributed by atoms with E-state index in [0.29, 0.717) is 6.61 Å². The highest BCUT2D eigenvalue weighted by Gasteiger charge is 2.13. The van der Waals surface area contributed by atoms with Gasteiger partial charge in [-0.3, -0.25) is 4.90 Å². The number of benzene rings is 1. The molecule has 0 bridgehead atoms. The van der Waals surface area contributed by atoms with Crippen LogP contribution in [0.4, 0.5) is 0 Å². The molecule has 0 spiro atoms. The van der Waals surface area contributed by atoms with Gasteiger partial charge in [0, 0.05) is 16.6 Å². The Labute approximate surface area is 117 Å². The Bertz CT molecular complexity index is 389. The summed E-state index contributed by atoms with van der Waals surface area (Å²) < 4.78 is 6.78. The van der Waals surface area contributed by atoms with E-state index in [1.165, 1.54) is 25.9 Å². The molecule has 18 heavy (non-hydrogen) atoms. The van der Waals surface area contributed by atoms with E-state index in [1.807, 2.05) is 18.2 Å². The topological polar surface area (TPSA) is 32.7 Å². The highest BCUT2D eigenvalue weighted by molar-refractivity contribution is 9.10. The van der Waals surface area contributed by atoms with Crippen molar-refractivity contribution in [1.82, 2.24) is 4.90 Å². The molecule has 1 fully saturated rings. The summed E-state index contributed by atoms with van der Waals surface area (Å²) in [5.74, 6) is 0.776. The summed E-state index contributed by atoms with van der Waals surface area (Å²) in [6.07, 6.45) is 2.10. The smallest absolute Gasteiger partial charge is 0.126 e. The van der Waals surface area contributed by atoms with Crippen molar-refractivity contribution in [2.24, 2.45) is 0 Å². The lowest BCUT2D eigenvalue weighted by atomic mass is 10.1. The molecule has 0 amide bonds. The summed E-state index contributed by atoms with van der Waals surface area (Å²) in [5, 5.41) is 9.70. The fourth-order valence-corrected chi connectivity index (χ4v) is 2.61. The van der Waals surface area contributed by atoms with Crippen molar-refractivity contribution in [1.29, 1.82) is 0 Å². The maximum Gasteiger partial charge on any atom is 0.126 e. The van der Waals surface area contributed by atoms with Crippen LogP contribution in [0.25, 0.3) is 0 Å². The molecule has 0 aliphatic carbocycles. The maximum absolute atomic E-state index is 9.70. The van der Waals surface area contributed by atoms with Gasteiger partial charge in [0.1, 0.15) is 12.4 Å². The molecule has 2 rings (SSSR count). The average molecular weight is 314 g/mol. The third kappa shape index (κ3) is 3.70. The molecule has 0 radical (unpaired) electrons. The molecule has 1 atom stereocenters. The van der Waals surface area contributed by atoms with Crippen molar-refractivity contribution >= 4 is 15.9 Å². The van der Waals surface area contributed by atoms with Crippen LogP contribution in [0.1, 0.15) is 31.4 Å². The first-order valence-electron chi connectivity index (χ1n) is 6.49. The molecule has 3 nitrogen and oxygen atoms in total. The first kappa shape index (κ1) is 13.8. The van der Waals surface area contributed by atoms with Crippen molar-refractivity contribution < 1.29 is 9.84 Å². The standard InChI is InChI=1S/C14H20BrNO2/c1-11(17)13-5-4-12(15)10-14(13)18-9-8-16-6-2-3-7-16/h4-5,10-11,17H,2-3,6-9H2,1H3/t11-/m0/s1. The Morgan fingerprint density at radius 3 is 2.78 bits per heavy atom. The quantitative estimate of drug-likeness (QED) is 0.907. The fraction of sp³-hybridized carbons (Fsp3) is 0.571. The molecule has 1 aliphatic heterocycles. The number of ether oxygens (including phenoxy) is 1. The number of hydrogen-bond donors (Lipinski definition) is 1. The number of halogens is 1. The second kappa shape index (κ2) is 6.55. The van der Waals surface area contributed by atoms with Crippen molar-refractivity contribution in [3.05, 3.63) is 28.2 Å². The van der Waals surface area contributed by atoms with Crippen LogP contribution in [-0.2, 0) is 0 Å². The SMILES string of the molecule is C[C@H](O)c1ccc(Br)cc1OCCN1CCCC1. The molecule has 1 N–H and O–H groups in total. The van der Waals surface area contributed by atoms with Gasteiger partial charge in [0.15, 0.2) is 0 Å². The van der Waals surface area contributed by atoms with Gasteiger partial charge in [-0.05, 0) is 45.0 Å². The summed E-state index contributed by atoms with van der Waals surface area (Å²) >= 11 is 3.43. The van der Waals surface area contributed by atoms with Gasteiger partial charge in [0.05, 0.1) is 6.10 Å². The van der Waals surface area contributed by atoms with Crippen LogP contribution in [0.15, 0.2) is 22.7 Å². The third-order valence-electron chi connectivity index (χ3n) is 3.29. The van der Waals surface area contributed by atoms with Gasteiger partial charge >= 0.3 is 0 Å². The number of aliphatic hydroxyl groups is 1. The van der Waals surface area contributed by atoms with Crippen LogP contribution in [0.5, 0.6) is 5.75 Å². The first-order valence-corrected chi connectivity index (χ1v) is 7.29. The molecule has 1 saturated heterocycles. The van der Waals surface area contributed by atoms with E-state index in [-0.39, 0.29) is 0 Å². The molecule has 0 aromatic heterocycles. The Balaban J connectivity index is 1.92. The van der Waals surface area contributed by atoms with E-state index in [0.717, 1.165) is 22.3 Å². The van der Waals surface area contributed by atoms with Gasteiger partial charge in [-0.15, -0.1) is 0 Å². The summed E-state index contributed by atoms with van der Waals surface area (Å²) in [6.45, 7) is 5.77. The van der Waals surface area contributed by atoms with Crippen molar-refractivity contribution in [3.63, 3.8) is 0 Å². The number of rotatable bonds is 5. The van der Waals surface area contributed by atoms with E-state index in [1.54, 1.807) is 6.92 Å². The summed E-state index contributed by atoms with van der Waals surface area (Å²) in [7, 11) is 0. The second-order valence-corrected chi connectivity index (χ2v) is 5.67. The molecule has 4 heteroatoms. The summed E-state index contributed by atoms with van der Waals surface area (Å²) in [6, 6.07) is 5.75. The lowest BCUT2D eigenvalue weighted by molar-refractivity contribution is 0.186. The van der Waals surface area contributed by atoms with Gasteiger partial charge in [-0.1, -0.05) is 22.0 Å². The Morgan fingerprint density at radius 1 is 1.39 bits per heavy atom. The molecule has 0 unspecified atom stereocenters. The normalized spacial score (nSPS) is 17.9. The van der Waals surface area contributed by atoms with Crippen LogP contribution in [0.2, 0.25) is 0 Å². The van der Waals surface area contributed by atoms with Gasteiger partial charge in [-0.25, -0.2) is 0 Å². The predicted molar refractivity (Wildman–Crippen MR) is 75.9 cm³/mol. The predicted octanol–water partition coefficient (Wildman–Crippen LogP) is 2.98. The zero-order valence-corrected chi connectivity index (χ0v) is 12.3. The van der Waals surface area contributed by atoms with Gasteiger partial charge < -0.3 is 9.84 Å². The van der Waals surface area contributed by atoms with E-state index < -0.39 is 6.10 Å². The molecular weight excluding hydrogens is 294 g/mol. The number of nitrogens with zero attached hydrogens (tertiary/aromatic N) is 1. The third-order valence-corrected chi connectivity index (χ3v) is 3.78. The Kier molecular flexibility index (Phi) is 5.03. The van der Waals surface area contributed by atoms with Crippen LogP contribution >= 0.6 is 15.9 Å². The first-order chi connectivity index (χ1) is 8.66. The average Bonchev–Trinajstić information content (AvgIpc) is 2.82. The fourth-order valence-electron chi connectivity index (χ4n) is 2.27. The van der Waals surface area contributed by atoms with Crippen molar-refractivity contribution in [2.45, 2.75) is 25.9 Å². The largest absolute Gasteiger partial charge is 0.492 e. The molecular formula is C14H20BrNO2. The number of hydrogen-bond acceptors (Lipinski definition) is 3. The molecule has 1 aromatic carbocycles. The minimum Gasteiger partial charge on any atom is -0.492 e. The van der Waals surface area contributed by atoms with E-state index in [9.17, 15) is 5.11 Å². The Morgan fingerprint density at radius 2 is 2.11 bits per heavy atom. The van der Waals surface area contributed by atoms with E-state index in [4.69, 9.17) is 4.74 Å². The monoisotopic (exact) mass is 313 g/mol. The van der Waals surface area contributed by atoms with E-state index in [2.05, 4.69) is 20.8 Å². The van der Waals surface area contributed by atoms with Crippen LogP contribution in [0.3, 0.4) is 0 Å². The highest BCUT2D eigenvalue weighted by atomic mass is 79.9. The Hall–Kier alpha value is -0.580. The van der Waals surface area contributed by atoms with Crippen molar-refractivity contribution in [2.75, 3.05) is 26.2 Å². The van der Waals surface area contributed by atoms with Crippen LogP contribution in [0, 0.1) is 0 Å². The summed E-state index contributed by atoms with van der Waals surface area (Å²) in [5.41, 5.74) is 0.847. The minimum absolute atomic E-state index is 0.500. The zero-order valence-electron chi connectivity index (χ0n) is 10.7. The van der Waals surface area contributed by atoms with Gasteiger partial charge in [0.2, 0.25) is 0 Å².